The van der Waals surface area contributed by atoms with Gasteiger partial charge in [0.2, 0.25) is 0 Å². The molecule has 0 aliphatic rings. The van der Waals surface area contributed by atoms with Crippen LogP contribution in [0, 0.1) is 11.8 Å². The quantitative estimate of drug-likeness (QED) is 0.622. The summed E-state index contributed by atoms with van der Waals surface area (Å²) < 4.78 is 0. The molecule has 0 unspecified atom stereocenters. The number of aromatic nitrogens is 1. The summed E-state index contributed by atoms with van der Waals surface area (Å²) in [5, 5.41) is 5.51. The third kappa shape index (κ3) is 1.85. The van der Waals surface area contributed by atoms with Crippen LogP contribution in [0.5, 0.6) is 0 Å². The van der Waals surface area contributed by atoms with Crippen LogP contribution in [0.4, 0.5) is 0 Å². The zero-order chi connectivity index (χ0) is 12.4. The number of hydrogen-bond donors (Lipinski definition) is 2. The SMILES string of the molecule is CNCC#Cc1ccc2[nH]c3ccccc3c2c1. The zero-order valence-corrected chi connectivity index (χ0v) is 10.2. The maximum Gasteiger partial charge on any atom is 0.0577 e. The molecule has 88 valence electrons. The number of hydrogen-bond acceptors (Lipinski definition) is 1. The lowest BCUT2D eigenvalue weighted by Crippen LogP contribution is -2.04. The van der Waals surface area contributed by atoms with Gasteiger partial charge in [-0.25, -0.2) is 0 Å². The second kappa shape index (κ2) is 4.56. The largest absolute Gasteiger partial charge is 0.355 e. The van der Waals surface area contributed by atoms with Crippen LogP contribution in [0.15, 0.2) is 42.5 Å². The second-order valence-electron chi connectivity index (χ2n) is 4.26. The van der Waals surface area contributed by atoms with Gasteiger partial charge in [-0.05, 0) is 31.3 Å². The Balaban J connectivity index is 2.16. The predicted molar refractivity (Wildman–Crippen MR) is 76.6 cm³/mol. The summed E-state index contributed by atoms with van der Waals surface area (Å²) in [6.07, 6.45) is 0. The van der Waals surface area contributed by atoms with Crippen molar-refractivity contribution in [1.29, 1.82) is 0 Å². The molecule has 0 saturated heterocycles. The van der Waals surface area contributed by atoms with E-state index in [-0.39, 0.29) is 0 Å². The van der Waals surface area contributed by atoms with Crippen molar-refractivity contribution in [3.05, 3.63) is 48.0 Å². The van der Waals surface area contributed by atoms with Crippen LogP contribution in [-0.2, 0) is 0 Å². The molecule has 2 N–H and O–H groups in total. The minimum Gasteiger partial charge on any atom is -0.355 e. The summed E-state index contributed by atoms with van der Waals surface area (Å²) in [4.78, 5) is 3.41. The summed E-state index contributed by atoms with van der Waals surface area (Å²) in [6, 6.07) is 14.6. The Morgan fingerprint density at radius 1 is 1.06 bits per heavy atom. The molecule has 18 heavy (non-hydrogen) atoms. The molecule has 0 saturated carbocycles. The van der Waals surface area contributed by atoms with Crippen LogP contribution < -0.4 is 5.32 Å². The number of fused-ring (bicyclic) bond motifs is 3. The first-order valence-corrected chi connectivity index (χ1v) is 6.02. The average molecular weight is 234 g/mol. The van der Waals surface area contributed by atoms with E-state index in [0.29, 0.717) is 6.54 Å². The van der Waals surface area contributed by atoms with Crippen LogP contribution in [0.1, 0.15) is 5.56 Å². The van der Waals surface area contributed by atoms with Gasteiger partial charge in [-0.3, -0.25) is 0 Å². The van der Waals surface area contributed by atoms with E-state index < -0.39 is 0 Å². The molecule has 0 atom stereocenters. The Morgan fingerprint density at radius 2 is 1.89 bits per heavy atom. The molecule has 3 rings (SSSR count). The minimum atomic E-state index is 0.714. The number of aromatic amines is 1. The first kappa shape index (κ1) is 10.9. The van der Waals surface area contributed by atoms with Gasteiger partial charge in [0.25, 0.3) is 0 Å². The first-order chi connectivity index (χ1) is 8.88. The lowest BCUT2D eigenvalue weighted by atomic mass is 10.1. The van der Waals surface area contributed by atoms with Gasteiger partial charge in [0.05, 0.1) is 6.54 Å². The molecule has 0 amide bonds. The van der Waals surface area contributed by atoms with Gasteiger partial charge >= 0.3 is 0 Å². The highest BCUT2D eigenvalue weighted by atomic mass is 14.8. The van der Waals surface area contributed by atoms with E-state index in [9.17, 15) is 0 Å². The van der Waals surface area contributed by atoms with Gasteiger partial charge in [-0.1, -0.05) is 30.0 Å². The van der Waals surface area contributed by atoms with E-state index >= 15 is 0 Å². The molecule has 3 aromatic rings. The van der Waals surface area contributed by atoms with Crippen LogP contribution in [0.25, 0.3) is 21.8 Å². The fourth-order valence-electron chi connectivity index (χ4n) is 2.16. The Hall–Kier alpha value is -2.24. The highest BCUT2D eigenvalue weighted by molar-refractivity contribution is 6.07. The average Bonchev–Trinajstić information content (AvgIpc) is 2.77. The van der Waals surface area contributed by atoms with Crippen molar-refractivity contribution in [3.63, 3.8) is 0 Å². The molecule has 0 fully saturated rings. The van der Waals surface area contributed by atoms with Gasteiger partial charge < -0.3 is 10.3 Å². The van der Waals surface area contributed by atoms with Gasteiger partial charge in [-0.15, -0.1) is 0 Å². The second-order valence-corrected chi connectivity index (χ2v) is 4.26. The van der Waals surface area contributed by atoms with Crippen LogP contribution >= 0.6 is 0 Å². The highest BCUT2D eigenvalue weighted by Crippen LogP contribution is 2.25. The zero-order valence-electron chi connectivity index (χ0n) is 10.2. The Kier molecular flexibility index (Phi) is 2.76. The fourth-order valence-corrected chi connectivity index (χ4v) is 2.16. The Bertz CT molecular complexity index is 757. The van der Waals surface area contributed by atoms with Gasteiger partial charge in [0.15, 0.2) is 0 Å². The van der Waals surface area contributed by atoms with E-state index in [1.807, 2.05) is 13.1 Å². The normalized spacial score (nSPS) is 10.5. The first-order valence-electron chi connectivity index (χ1n) is 6.02. The lowest BCUT2D eigenvalue weighted by molar-refractivity contribution is 0.938. The molecule has 2 heteroatoms. The van der Waals surface area contributed by atoms with Crippen molar-refractivity contribution in [3.8, 4) is 11.8 Å². The molecule has 1 aromatic heterocycles. The number of nitrogens with one attached hydrogen (secondary N) is 2. The molecular formula is C16H14N2. The van der Waals surface area contributed by atoms with Crippen molar-refractivity contribution < 1.29 is 0 Å². The lowest BCUT2D eigenvalue weighted by Gasteiger charge is -1.93. The number of rotatable bonds is 1. The van der Waals surface area contributed by atoms with E-state index in [2.05, 4.69) is 58.5 Å². The van der Waals surface area contributed by atoms with Crippen molar-refractivity contribution in [1.82, 2.24) is 10.3 Å². The topological polar surface area (TPSA) is 27.8 Å². The smallest absolute Gasteiger partial charge is 0.0577 e. The van der Waals surface area contributed by atoms with Gasteiger partial charge in [-0.2, -0.15) is 0 Å². The maximum absolute atomic E-state index is 3.41. The fraction of sp³-hybridized carbons (Fsp3) is 0.125. The molecule has 2 aromatic carbocycles. The molecule has 2 nitrogen and oxygen atoms in total. The van der Waals surface area contributed by atoms with E-state index in [1.54, 1.807) is 0 Å². The molecular weight excluding hydrogens is 220 g/mol. The van der Waals surface area contributed by atoms with Crippen molar-refractivity contribution in [2.45, 2.75) is 0 Å². The number of H-pyrrole nitrogens is 1. The van der Waals surface area contributed by atoms with Crippen LogP contribution in [0.3, 0.4) is 0 Å². The van der Waals surface area contributed by atoms with Crippen LogP contribution in [-0.4, -0.2) is 18.6 Å². The maximum atomic E-state index is 3.41. The van der Waals surface area contributed by atoms with Crippen molar-refractivity contribution in [2.75, 3.05) is 13.6 Å². The molecule has 0 bridgehead atoms. The van der Waals surface area contributed by atoms with E-state index in [4.69, 9.17) is 0 Å². The number of para-hydroxylation sites is 1. The summed E-state index contributed by atoms with van der Waals surface area (Å²) in [5.41, 5.74) is 3.39. The standard InChI is InChI=1S/C16H14N2/c1-17-10-4-5-12-8-9-16-14(11-12)13-6-2-3-7-15(13)18-16/h2-3,6-9,11,17-18H,10H2,1H3. The Labute approximate surface area is 106 Å². The Morgan fingerprint density at radius 3 is 2.78 bits per heavy atom. The van der Waals surface area contributed by atoms with Crippen molar-refractivity contribution in [2.24, 2.45) is 0 Å². The summed E-state index contributed by atoms with van der Waals surface area (Å²) >= 11 is 0. The molecule has 0 aliphatic carbocycles. The predicted octanol–water partition coefficient (Wildman–Crippen LogP) is 2.89. The van der Waals surface area contributed by atoms with Gasteiger partial charge in [0.1, 0.15) is 0 Å². The van der Waals surface area contributed by atoms with E-state index in [0.717, 1.165) is 11.1 Å². The summed E-state index contributed by atoms with van der Waals surface area (Å²) in [7, 11) is 1.90. The molecule has 0 spiro atoms. The molecule has 1 heterocycles. The highest BCUT2D eigenvalue weighted by Gasteiger charge is 2.03. The van der Waals surface area contributed by atoms with E-state index in [1.165, 1.54) is 16.3 Å². The third-order valence-electron chi connectivity index (χ3n) is 3.00. The monoisotopic (exact) mass is 234 g/mol. The molecule has 0 aliphatic heterocycles. The molecule has 0 radical (unpaired) electrons. The third-order valence-corrected chi connectivity index (χ3v) is 3.00. The van der Waals surface area contributed by atoms with Crippen LogP contribution in [0.2, 0.25) is 0 Å². The van der Waals surface area contributed by atoms with Crippen molar-refractivity contribution >= 4 is 21.8 Å². The minimum absolute atomic E-state index is 0.714. The van der Waals surface area contributed by atoms with Gasteiger partial charge in [0, 0.05) is 27.4 Å². The summed E-state index contributed by atoms with van der Waals surface area (Å²) in [6.45, 7) is 0.714. The summed E-state index contributed by atoms with van der Waals surface area (Å²) in [5.74, 6) is 6.25. The number of benzene rings is 2.